The van der Waals surface area contributed by atoms with Gasteiger partial charge in [0.25, 0.3) is 0 Å². The van der Waals surface area contributed by atoms with Crippen molar-refractivity contribution in [2.75, 3.05) is 11.3 Å². The largest absolute Gasteiger partial charge is 0.386 e. The lowest BCUT2D eigenvalue weighted by molar-refractivity contribution is 0.328. The number of sulfonamides is 1. The number of rotatable bonds is 6. The van der Waals surface area contributed by atoms with Crippen molar-refractivity contribution in [2.24, 2.45) is 11.7 Å². The highest BCUT2D eigenvalue weighted by Crippen LogP contribution is 2.26. The zero-order chi connectivity index (χ0) is 14.7. The Morgan fingerprint density at radius 2 is 1.79 bits per heavy atom. The van der Waals surface area contributed by atoms with Crippen LogP contribution in [-0.4, -0.2) is 40.1 Å². The molecular weight excluding hydrogens is 290 g/mol. The van der Waals surface area contributed by atoms with E-state index in [-0.39, 0.29) is 11.8 Å². The highest BCUT2D eigenvalue weighted by Gasteiger charge is 2.31. The van der Waals surface area contributed by atoms with E-state index in [9.17, 15) is 16.8 Å². The lowest BCUT2D eigenvalue weighted by Crippen LogP contribution is -2.50. The Balaban J connectivity index is 2.81. The van der Waals surface area contributed by atoms with Crippen LogP contribution >= 0.6 is 0 Å². The summed E-state index contributed by atoms with van der Waals surface area (Å²) in [6, 6.07) is -0.799. The summed E-state index contributed by atoms with van der Waals surface area (Å²) in [5, 5.41) is 6.52. The third-order valence-corrected chi connectivity index (χ3v) is 6.70. The highest BCUT2D eigenvalue weighted by atomic mass is 32.3. The second-order valence-corrected chi connectivity index (χ2v) is 9.37. The molecule has 0 aliphatic heterocycles. The van der Waals surface area contributed by atoms with E-state index in [1.165, 1.54) is 0 Å². The number of amidine groups is 1. The molecule has 1 saturated carbocycles. The van der Waals surface area contributed by atoms with E-state index in [2.05, 4.69) is 4.72 Å². The molecule has 1 rings (SSSR count). The summed E-state index contributed by atoms with van der Waals surface area (Å²) in [5.41, 5.74) is 5.45. The molecule has 0 heterocycles. The first-order chi connectivity index (χ1) is 8.61. The minimum absolute atomic E-state index is 0.0272. The van der Waals surface area contributed by atoms with Crippen LogP contribution < -0.4 is 10.5 Å². The molecule has 0 aromatic carbocycles. The third kappa shape index (κ3) is 5.87. The van der Waals surface area contributed by atoms with Crippen LogP contribution in [0, 0.1) is 11.3 Å². The van der Waals surface area contributed by atoms with Crippen molar-refractivity contribution < 1.29 is 16.8 Å². The SMILES string of the molecule is CS(=O)(=O)CS(=O)(=O)NC(C(=N)N)C1CCCCC1. The van der Waals surface area contributed by atoms with E-state index >= 15 is 0 Å². The van der Waals surface area contributed by atoms with Gasteiger partial charge in [0, 0.05) is 6.26 Å². The van der Waals surface area contributed by atoms with Gasteiger partial charge in [-0.2, -0.15) is 0 Å². The quantitative estimate of drug-likeness (QED) is 0.461. The Bertz CT molecular complexity index is 521. The Kier molecular flexibility index (Phi) is 5.34. The fourth-order valence-corrected chi connectivity index (χ4v) is 5.62. The van der Waals surface area contributed by atoms with Gasteiger partial charge in [-0.1, -0.05) is 19.3 Å². The van der Waals surface area contributed by atoms with Gasteiger partial charge in [0.15, 0.2) is 14.9 Å². The lowest BCUT2D eigenvalue weighted by atomic mass is 9.84. The molecule has 0 saturated heterocycles. The molecule has 7 nitrogen and oxygen atoms in total. The minimum Gasteiger partial charge on any atom is -0.386 e. The molecule has 1 fully saturated rings. The first-order valence-electron chi connectivity index (χ1n) is 6.12. The van der Waals surface area contributed by atoms with Gasteiger partial charge in [-0.15, -0.1) is 0 Å². The van der Waals surface area contributed by atoms with Crippen LogP contribution in [0.2, 0.25) is 0 Å². The van der Waals surface area contributed by atoms with E-state index < -0.39 is 31.0 Å². The van der Waals surface area contributed by atoms with Gasteiger partial charge in [0.2, 0.25) is 10.0 Å². The van der Waals surface area contributed by atoms with Gasteiger partial charge in [-0.05, 0) is 18.8 Å². The zero-order valence-corrected chi connectivity index (χ0v) is 12.6. The standard InChI is InChI=1S/C10H21N3O4S2/c1-18(14,15)7-19(16,17)13-9(10(11)12)8-5-3-2-4-6-8/h8-9,13H,2-7H2,1H3,(H3,11,12). The summed E-state index contributed by atoms with van der Waals surface area (Å²) in [7, 11) is -7.64. The minimum atomic E-state index is -3.99. The lowest BCUT2D eigenvalue weighted by Gasteiger charge is -2.29. The van der Waals surface area contributed by atoms with Crippen LogP contribution in [0.25, 0.3) is 0 Å². The average molecular weight is 311 g/mol. The normalized spacial score (nSPS) is 20.1. The van der Waals surface area contributed by atoms with Gasteiger partial charge in [-0.3, -0.25) is 5.41 Å². The smallest absolute Gasteiger partial charge is 0.226 e. The maximum absolute atomic E-state index is 11.8. The third-order valence-electron chi connectivity index (χ3n) is 3.13. The molecule has 1 aliphatic rings. The van der Waals surface area contributed by atoms with Crippen LogP contribution in [0.5, 0.6) is 0 Å². The van der Waals surface area contributed by atoms with Crippen molar-refractivity contribution in [1.29, 1.82) is 5.41 Å². The number of nitrogens with two attached hydrogens (primary N) is 1. The Hall–Kier alpha value is -0.670. The van der Waals surface area contributed by atoms with Gasteiger partial charge < -0.3 is 5.73 Å². The number of hydrogen-bond acceptors (Lipinski definition) is 5. The van der Waals surface area contributed by atoms with E-state index in [1.807, 2.05) is 0 Å². The Morgan fingerprint density at radius 3 is 2.21 bits per heavy atom. The fourth-order valence-electron chi connectivity index (χ4n) is 2.39. The molecule has 4 N–H and O–H groups in total. The fraction of sp³-hybridized carbons (Fsp3) is 0.900. The molecule has 0 aromatic rings. The molecule has 0 radical (unpaired) electrons. The van der Waals surface area contributed by atoms with Crippen molar-refractivity contribution in [1.82, 2.24) is 4.72 Å². The monoisotopic (exact) mass is 311 g/mol. The molecular formula is C10H21N3O4S2. The van der Waals surface area contributed by atoms with Crippen molar-refractivity contribution >= 4 is 25.7 Å². The van der Waals surface area contributed by atoms with Crippen molar-refractivity contribution in [3.63, 3.8) is 0 Å². The number of sulfone groups is 1. The molecule has 19 heavy (non-hydrogen) atoms. The van der Waals surface area contributed by atoms with Gasteiger partial charge in [-0.25, -0.2) is 21.6 Å². The average Bonchev–Trinajstić information content (AvgIpc) is 2.23. The van der Waals surface area contributed by atoms with Crippen LogP contribution in [-0.2, 0) is 19.9 Å². The first kappa shape index (κ1) is 16.4. The van der Waals surface area contributed by atoms with E-state index in [0.717, 1.165) is 38.4 Å². The molecule has 0 bridgehead atoms. The van der Waals surface area contributed by atoms with Crippen LogP contribution in [0.4, 0.5) is 0 Å². The molecule has 1 atom stereocenters. The number of hydrogen-bond donors (Lipinski definition) is 3. The molecule has 0 spiro atoms. The highest BCUT2D eigenvalue weighted by molar-refractivity contribution is 8.06. The molecule has 1 unspecified atom stereocenters. The van der Waals surface area contributed by atoms with Crippen LogP contribution in [0.1, 0.15) is 32.1 Å². The van der Waals surface area contributed by atoms with E-state index in [4.69, 9.17) is 11.1 Å². The summed E-state index contributed by atoms with van der Waals surface area (Å²) in [6.07, 6.45) is 5.49. The second-order valence-electron chi connectivity index (χ2n) is 5.11. The molecule has 9 heteroatoms. The van der Waals surface area contributed by atoms with Gasteiger partial charge in [0.1, 0.15) is 5.84 Å². The summed E-state index contributed by atoms with van der Waals surface area (Å²) in [4.78, 5) is 0. The zero-order valence-electron chi connectivity index (χ0n) is 10.9. The second kappa shape index (κ2) is 6.19. The van der Waals surface area contributed by atoms with Gasteiger partial charge in [0.05, 0.1) is 6.04 Å². The van der Waals surface area contributed by atoms with Crippen LogP contribution in [0.15, 0.2) is 0 Å². The summed E-state index contributed by atoms with van der Waals surface area (Å²) >= 11 is 0. The van der Waals surface area contributed by atoms with E-state index in [1.54, 1.807) is 0 Å². The maximum Gasteiger partial charge on any atom is 0.226 e. The van der Waals surface area contributed by atoms with Crippen molar-refractivity contribution in [3.05, 3.63) is 0 Å². The topological polar surface area (TPSA) is 130 Å². The van der Waals surface area contributed by atoms with Crippen molar-refractivity contribution in [2.45, 2.75) is 38.1 Å². The maximum atomic E-state index is 11.8. The summed E-state index contributed by atoms with van der Waals surface area (Å²) in [5.74, 6) is -0.287. The summed E-state index contributed by atoms with van der Waals surface area (Å²) in [6.45, 7) is 0. The van der Waals surface area contributed by atoms with Crippen molar-refractivity contribution in [3.8, 4) is 0 Å². The van der Waals surface area contributed by atoms with E-state index in [0.29, 0.717) is 0 Å². The summed E-state index contributed by atoms with van der Waals surface area (Å²) < 4.78 is 47.9. The number of nitrogens with one attached hydrogen (secondary N) is 2. The molecule has 1 aliphatic carbocycles. The van der Waals surface area contributed by atoms with Crippen LogP contribution in [0.3, 0.4) is 0 Å². The predicted molar refractivity (Wildman–Crippen MR) is 74.0 cm³/mol. The Labute approximate surface area is 114 Å². The molecule has 0 aromatic heterocycles. The molecule has 112 valence electrons. The predicted octanol–water partition coefficient (Wildman–Crippen LogP) is -0.207. The first-order valence-corrected chi connectivity index (χ1v) is 9.84. The van der Waals surface area contributed by atoms with Gasteiger partial charge >= 0.3 is 0 Å². The Morgan fingerprint density at radius 1 is 1.26 bits per heavy atom. The molecule has 0 amide bonds.